The van der Waals surface area contributed by atoms with Crippen molar-refractivity contribution in [1.82, 2.24) is 4.72 Å². The number of rotatable bonds is 8. The second-order valence-corrected chi connectivity index (χ2v) is 9.79. The van der Waals surface area contributed by atoms with E-state index in [-0.39, 0.29) is 0 Å². The van der Waals surface area contributed by atoms with Crippen LogP contribution in [-0.4, -0.2) is 18.7 Å². The number of sulfonamides is 1. The lowest BCUT2D eigenvalue weighted by atomic mass is 9.76. The van der Waals surface area contributed by atoms with Crippen LogP contribution in [0, 0.1) is 0 Å². The summed E-state index contributed by atoms with van der Waals surface area (Å²) < 4.78 is 27.8. The van der Waals surface area contributed by atoms with E-state index in [1.807, 2.05) is 6.08 Å². The normalized spacial score (nSPS) is 23.2. The Bertz CT molecular complexity index is 500. The van der Waals surface area contributed by atoms with Gasteiger partial charge in [-0.1, -0.05) is 31.1 Å². The quantitative estimate of drug-likeness (QED) is 0.656. The van der Waals surface area contributed by atoms with Gasteiger partial charge in [-0.2, -0.15) is 0 Å². The van der Waals surface area contributed by atoms with Crippen LogP contribution >= 0.6 is 0 Å². The van der Waals surface area contributed by atoms with Gasteiger partial charge in [-0.05, 0) is 65.7 Å². The zero-order valence-corrected chi connectivity index (χ0v) is 15.6. The van der Waals surface area contributed by atoms with Crippen molar-refractivity contribution in [1.29, 1.82) is 0 Å². The number of allylic oxidation sites excluding steroid dienone is 2. The Morgan fingerprint density at radius 2 is 2.09 bits per heavy atom. The molecule has 1 rings (SSSR count). The Morgan fingerprint density at radius 1 is 1.41 bits per heavy atom. The molecule has 1 aliphatic carbocycles. The second kappa shape index (κ2) is 7.78. The van der Waals surface area contributed by atoms with Gasteiger partial charge in [0.25, 0.3) is 0 Å². The highest BCUT2D eigenvalue weighted by atomic mass is 32.2. The summed E-state index contributed by atoms with van der Waals surface area (Å²) in [5, 5.41) is 0. The minimum absolute atomic E-state index is 0.409. The van der Waals surface area contributed by atoms with Crippen molar-refractivity contribution >= 4 is 10.0 Å². The average molecular weight is 328 g/mol. The van der Waals surface area contributed by atoms with Crippen LogP contribution in [0.25, 0.3) is 0 Å². The molecule has 0 heterocycles. The number of hydrogen-bond acceptors (Lipinski definition) is 2. The number of nitrogens with one attached hydrogen (secondary N) is 1. The first-order chi connectivity index (χ1) is 10.2. The maximum absolute atomic E-state index is 12.7. The maximum atomic E-state index is 12.7. The molecule has 0 aromatic rings. The smallest absolute Gasteiger partial charge is 0.212 e. The van der Waals surface area contributed by atoms with Crippen molar-refractivity contribution in [3.63, 3.8) is 0 Å². The molecule has 0 radical (unpaired) electrons. The molecule has 1 unspecified atom stereocenters. The van der Waals surface area contributed by atoms with Crippen molar-refractivity contribution in [3.05, 3.63) is 24.3 Å². The summed E-state index contributed by atoms with van der Waals surface area (Å²) in [7, 11) is -3.37. The third-order valence-electron chi connectivity index (χ3n) is 4.52. The van der Waals surface area contributed by atoms with Gasteiger partial charge >= 0.3 is 0 Å². The van der Waals surface area contributed by atoms with Crippen LogP contribution in [0.3, 0.4) is 0 Å². The van der Waals surface area contributed by atoms with Gasteiger partial charge in [0.05, 0.1) is 10.3 Å². The molecule has 128 valence electrons. The van der Waals surface area contributed by atoms with E-state index in [1.54, 1.807) is 20.8 Å². The first-order valence-electron chi connectivity index (χ1n) is 8.52. The molecule has 0 amide bonds. The van der Waals surface area contributed by atoms with E-state index in [1.165, 1.54) is 5.57 Å². The summed E-state index contributed by atoms with van der Waals surface area (Å²) in [6, 6.07) is 0. The van der Waals surface area contributed by atoms with Gasteiger partial charge in [0.15, 0.2) is 0 Å². The molecule has 0 spiro atoms. The van der Waals surface area contributed by atoms with E-state index >= 15 is 0 Å². The van der Waals surface area contributed by atoms with Crippen molar-refractivity contribution in [2.45, 2.75) is 89.3 Å². The van der Waals surface area contributed by atoms with Gasteiger partial charge in [0, 0.05) is 0 Å². The van der Waals surface area contributed by atoms with Gasteiger partial charge in [-0.3, -0.25) is 0 Å². The number of hydrogen-bond donors (Lipinski definition) is 1. The molecule has 0 saturated carbocycles. The summed E-state index contributed by atoms with van der Waals surface area (Å²) in [6.07, 6.45) is 12.0. The highest BCUT2D eigenvalue weighted by Crippen LogP contribution is 2.38. The van der Waals surface area contributed by atoms with Crippen LogP contribution in [0.5, 0.6) is 0 Å². The van der Waals surface area contributed by atoms with Crippen molar-refractivity contribution < 1.29 is 8.42 Å². The predicted molar refractivity (Wildman–Crippen MR) is 95.4 cm³/mol. The Hall–Kier alpha value is -0.610. The highest BCUT2D eigenvalue weighted by molar-refractivity contribution is 7.90. The third-order valence-corrected chi connectivity index (χ3v) is 6.80. The zero-order chi connectivity index (χ0) is 16.9. The molecule has 0 aliphatic heterocycles. The summed E-state index contributed by atoms with van der Waals surface area (Å²) >= 11 is 0. The van der Waals surface area contributed by atoms with Gasteiger partial charge < -0.3 is 0 Å². The fourth-order valence-corrected chi connectivity index (χ4v) is 4.11. The third kappa shape index (κ3) is 4.69. The summed E-state index contributed by atoms with van der Waals surface area (Å²) in [5.74, 6) is 0. The van der Waals surface area contributed by atoms with Gasteiger partial charge in [-0.25, -0.2) is 13.1 Å². The van der Waals surface area contributed by atoms with E-state index in [2.05, 4.69) is 24.3 Å². The molecule has 1 N–H and O–H groups in total. The van der Waals surface area contributed by atoms with Crippen LogP contribution < -0.4 is 4.72 Å². The molecule has 4 heteroatoms. The van der Waals surface area contributed by atoms with Crippen LogP contribution in [0.15, 0.2) is 24.3 Å². The Balaban J connectivity index is 3.15. The van der Waals surface area contributed by atoms with E-state index in [0.717, 1.165) is 51.4 Å². The Morgan fingerprint density at radius 3 is 2.64 bits per heavy atom. The monoisotopic (exact) mass is 327 g/mol. The highest BCUT2D eigenvalue weighted by Gasteiger charge is 2.41. The average Bonchev–Trinajstić information content (AvgIpc) is 2.42. The van der Waals surface area contributed by atoms with Crippen LogP contribution in [0.4, 0.5) is 0 Å². The lowest BCUT2D eigenvalue weighted by molar-refractivity contribution is 0.346. The molecule has 0 saturated heterocycles. The molecule has 1 atom stereocenters. The fourth-order valence-electron chi connectivity index (χ4n) is 2.96. The van der Waals surface area contributed by atoms with Crippen LogP contribution in [0.2, 0.25) is 0 Å². The molecule has 1 aliphatic rings. The van der Waals surface area contributed by atoms with Gasteiger partial charge in [-0.15, -0.1) is 6.58 Å². The first kappa shape index (κ1) is 19.4. The Labute approximate surface area is 137 Å². The second-order valence-electron chi connectivity index (χ2n) is 7.35. The fraction of sp³-hybridized carbons (Fsp3) is 0.778. The minimum Gasteiger partial charge on any atom is -0.212 e. The molecule has 3 nitrogen and oxygen atoms in total. The number of unbranched alkanes of at least 4 members (excludes halogenated alkanes) is 1. The van der Waals surface area contributed by atoms with Crippen molar-refractivity contribution in [2.75, 3.05) is 0 Å². The van der Waals surface area contributed by atoms with E-state index < -0.39 is 20.3 Å². The zero-order valence-electron chi connectivity index (χ0n) is 14.7. The van der Waals surface area contributed by atoms with Crippen LogP contribution in [0.1, 0.15) is 79.1 Å². The molecule has 0 aromatic heterocycles. The SMILES string of the molecule is C=CCCC1(NS(=O)(=O)C(C)(C)C)CCCC=C1CCCC. The topological polar surface area (TPSA) is 46.2 Å². The summed E-state index contributed by atoms with van der Waals surface area (Å²) in [5.41, 5.74) is 0.878. The van der Waals surface area contributed by atoms with Crippen molar-refractivity contribution in [3.8, 4) is 0 Å². The standard InChI is InChI=1S/C18H33NO2S/c1-6-8-12-16-13-10-11-15-18(16,14-9-7-2)19-22(20,21)17(3,4)5/h7,13,19H,2,6,8-12,14-15H2,1,3-5H3. The van der Waals surface area contributed by atoms with E-state index in [0.29, 0.717) is 0 Å². The van der Waals surface area contributed by atoms with E-state index in [9.17, 15) is 8.42 Å². The molecular formula is C18H33NO2S. The van der Waals surface area contributed by atoms with Gasteiger partial charge in [0.2, 0.25) is 10.0 Å². The molecule has 0 bridgehead atoms. The summed E-state index contributed by atoms with van der Waals surface area (Å²) in [4.78, 5) is 0. The lowest BCUT2D eigenvalue weighted by Crippen LogP contribution is -2.55. The minimum atomic E-state index is -3.37. The maximum Gasteiger partial charge on any atom is 0.217 e. The Kier molecular flexibility index (Phi) is 6.87. The first-order valence-corrected chi connectivity index (χ1v) is 10.0. The van der Waals surface area contributed by atoms with Gasteiger partial charge in [0.1, 0.15) is 0 Å². The van der Waals surface area contributed by atoms with Crippen LogP contribution in [-0.2, 0) is 10.0 Å². The molecule has 22 heavy (non-hydrogen) atoms. The summed E-state index contributed by atoms with van der Waals surface area (Å²) in [6.45, 7) is 11.3. The largest absolute Gasteiger partial charge is 0.217 e. The van der Waals surface area contributed by atoms with E-state index in [4.69, 9.17) is 0 Å². The van der Waals surface area contributed by atoms with Crippen molar-refractivity contribution in [2.24, 2.45) is 0 Å². The lowest BCUT2D eigenvalue weighted by Gasteiger charge is -2.41. The molecule has 0 aromatic carbocycles. The predicted octanol–water partition coefficient (Wildman–Crippen LogP) is 4.71. The molecular weight excluding hydrogens is 294 g/mol. The molecule has 0 fully saturated rings.